The normalized spacial score (nSPS) is 16.8. The second-order valence-electron chi connectivity index (χ2n) is 7.24. The van der Waals surface area contributed by atoms with E-state index in [1.807, 2.05) is 0 Å². The van der Waals surface area contributed by atoms with E-state index in [1.54, 1.807) is 5.57 Å². The molecule has 0 fully saturated rings. The highest BCUT2D eigenvalue weighted by molar-refractivity contribution is 5.87. The summed E-state index contributed by atoms with van der Waals surface area (Å²) >= 11 is 0. The lowest BCUT2D eigenvalue weighted by molar-refractivity contribution is 0.409. The Morgan fingerprint density at radius 3 is 2.44 bits per heavy atom. The van der Waals surface area contributed by atoms with Crippen LogP contribution in [-0.4, -0.2) is 25.5 Å². The molecule has 0 saturated heterocycles. The Balaban J connectivity index is 1.87. The zero-order valence-corrected chi connectivity index (χ0v) is 15.1. The first-order valence-electron chi connectivity index (χ1n) is 9.13. The minimum absolute atomic E-state index is 0.371. The van der Waals surface area contributed by atoms with E-state index in [-0.39, 0.29) is 0 Å². The van der Waals surface area contributed by atoms with Gasteiger partial charge in [0.2, 0.25) is 0 Å². The predicted octanol–water partition coefficient (Wildman–Crippen LogP) is 5.41. The second kappa shape index (κ2) is 6.85. The molecule has 1 aliphatic carbocycles. The van der Waals surface area contributed by atoms with E-state index in [4.69, 9.17) is 0 Å². The van der Waals surface area contributed by atoms with Crippen LogP contribution in [0.5, 0.6) is 0 Å². The second-order valence-corrected chi connectivity index (χ2v) is 7.24. The Bertz CT molecular complexity index is 915. The van der Waals surface area contributed by atoms with E-state index in [0.717, 1.165) is 19.4 Å². The van der Waals surface area contributed by atoms with Gasteiger partial charge < -0.3 is 4.90 Å². The molecule has 25 heavy (non-hydrogen) atoms. The Kier molecular flexibility index (Phi) is 4.42. The van der Waals surface area contributed by atoms with E-state index in [1.165, 1.54) is 27.5 Å². The largest absolute Gasteiger partial charge is 0.309 e. The van der Waals surface area contributed by atoms with Crippen molar-refractivity contribution in [2.75, 3.05) is 20.6 Å². The third-order valence-corrected chi connectivity index (χ3v) is 5.30. The van der Waals surface area contributed by atoms with Crippen molar-refractivity contribution in [3.8, 4) is 0 Å². The summed E-state index contributed by atoms with van der Waals surface area (Å²) in [4.78, 5) is 2.28. The lowest BCUT2D eigenvalue weighted by Gasteiger charge is -2.29. The van der Waals surface area contributed by atoms with Crippen molar-refractivity contribution < 1.29 is 0 Å². The van der Waals surface area contributed by atoms with Crippen LogP contribution in [0.2, 0.25) is 0 Å². The summed E-state index contributed by atoms with van der Waals surface area (Å²) in [6, 6.07) is 24.5. The molecule has 1 atom stereocenters. The SMILES string of the molecule is CN(C)CCC1=CCc2ccccc2C1c1cccc2ccccc12. The molecule has 1 nitrogen and oxygen atoms in total. The fourth-order valence-corrected chi connectivity index (χ4v) is 4.03. The van der Waals surface area contributed by atoms with Gasteiger partial charge in [0.15, 0.2) is 0 Å². The molecule has 0 aromatic heterocycles. The number of hydrogen-bond donors (Lipinski definition) is 0. The summed E-state index contributed by atoms with van der Waals surface area (Å²) in [6.07, 6.45) is 4.65. The van der Waals surface area contributed by atoms with Crippen LogP contribution >= 0.6 is 0 Å². The van der Waals surface area contributed by atoms with Crippen LogP contribution in [0.25, 0.3) is 10.8 Å². The third-order valence-electron chi connectivity index (χ3n) is 5.30. The van der Waals surface area contributed by atoms with Crippen molar-refractivity contribution in [1.82, 2.24) is 4.90 Å². The van der Waals surface area contributed by atoms with E-state index in [2.05, 4.69) is 91.8 Å². The van der Waals surface area contributed by atoms with Gasteiger partial charge in [-0.3, -0.25) is 0 Å². The maximum atomic E-state index is 2.47. The average molecular weight is 327 g/mol. The van der Waals surface area contributed by atoms with Gasteiger partial charge in [0.05, 0.1) is 0 Å². The fourth-order valence-electron chi connectivity index (χ4n) is 4.03. The molecule has 0 radical (unpaired) electrons. The van der Waals surface area contributed by atoms with Crippen LogP contribution in [-0.2, 0) is 6.42 Å². The van der Waals surface area contributed by atoms with E-state index < -0.39 is 0 Å². The van der Waals surface area contributed by atoms with E-state index >= 15 is 0 Å². The van der Waals surface area contributed by atoms with Gasteiger partial charge in [-0.15, -0.1) is 0 Å². The molecule has 0 aliphatic heterocycles. The molecule has 0 heterocycles. The third kappa shape index (κ3) is 3.12. The van der Waals surface area contributed by atoms with Crippen molar-refractivity contribution in [2.45, 2.75) is 18.8 Å². The molecule has 0 bridgehead atoms. The van der Waals surface area contributed by atoms with Gasteiger partial charge in [-0.25, -0.2) is 0 Å². The number of hydrogen-bond acceptors (Lipinski definition) is 1. The van der Waals surface area contributed by atoms with Gasteiger partial charge in [0.1, 0.15) is 0 Å². The van der Waals surface area contributed by atoms with Gasteiger partial charge in [-0.2, -0.15) is 0 Å². The van der Waals surface area contributed by atoms with Crippen molar-refractivity contribution in [3.63, 3.8) is 0 Å². The highest BCUT2D eigenvalue weighted by Gasteiger charge is 2.25. The highest BCUT2D eigenvalue weighted by atomic mass is 15.0. The van der Waals surface area contributed by atoms with Gasteiger partial charge in [0.25, 0.3) is 0 Å². The lowest BCUT2D eigenvalue weighted by atomic mass is 9.75. The van der Waals surface area contributed by atoms with Crippen molar-refractivity contribution in [3.05, 3.63) is 95.1 Å². The topological polar surface area (TPSA) is 3.24 Å². The minimum atomic E-state index is 0.371. The molecule has 4 rings (SSSR count). The molecule has 1 aliphatic rings. The first-order valence-corrected chi connectivity index (χ1v) is 9.13. The Hall–Kier alpha value is -2.38. The number of allylic oxidation sites excluding steroid dienone is 1. The van der Waals surface area contributed by atoms with Crippen LogP contribution in [0.4, 0.5) is 0 Å². The maximum Gasteiger partial charge on any atom is 0.0308 e. The Morgan fingerprint density at radius 1 is 0.840 bits per heavy atom. The van der Waals surface area contributed by atoms with Crippen LogP contribution in [0.3, 0.4) is 0 Å². The first-order chi connectivity index (χ1) is 12.2. The quantitative estimate of drug-likeness (QED) is 0.579. The molecular formula is C24H25N. The van der Waals surface area contributed by atoms with Crippen LogP contribution in [0.15, 0.2) is 78.4 Å². The summed E-state index contributed by atoms with van der Waals surface area (Å²) in [5.41, 5.74) is 5.95. The summed E-state index contributed by atoms with van der Waals surface area (Å²) in [5.74, 6) is 0.371. The van der Waals surface area contributed by atoms with Crippen molar-refractivity contribution in [1.29, 1.82) is 0 Å². The molecule has 0 N–H and O–H groups in total. The standard InChI is InChI=1S/C24H25N/c1-25(2)17-16-20-15-14-19-9-4-6-12-22(19)24(20)23-13-7-10-18-8-3-5-11-21(18)23/h3-13,15,24H,14,16-17H2,1-2H3. The highest BCUT2D eigenvalue weighted by Crippen LogP contribution is 2.41. The zero-order valence-electron chi connectivity index (χ0n) is 15.1. The summed E-state index contributed by atoms with van der Waals surface area (Å²) in [5, 5.41) is 2.71. The molecule has 126 valence electrons. The minimum Gasteiger partial charge on any atom is -0.309 e. The molecule has 1 heteroatoms. The smallest absolute Gasteiger partial charge is 0.0308 e. The van der Waals surface area contributed by atoms with Crippen molar-refractivity contribution in [2.24, 2.45) is 0 Å². The zero-order chi connectivity index (χ0) is 17.2. The van der Waals surface area contributed by atoms with E-state index in [0.29, 0.717) is 5.92 Å². The molecular weight excluding hydrogens is 302 g/mol. The van der Waals surface area contributed by atoms with Crippen LogP contribution in [0.1, 0.15) is 29.0 Å². The molecule has 3 aromatic carbocycles. The predicted molar refractivity (Wildman–Crippen MR) is 107 cm³/mol. The monoisotopic (exact) mass is 327 g/mol. The van der Waals surface area contributed by atoms with Gasteiger partial charge in [-0.05, 0) is 54.4 Å². The number of rotatable bonds is 4. The molecule has 0 saturated carbocycles. The van der Waals surface area contributed by atoms with Crippen LogP contribution < -0.4 is 0 Å². The van der Waals surface area contributed by atoms with Crippen LogP contribution in [0, 0.1) is 0 Å². The average Bonchev–Trinajstić information content (AvgIpc) is 2.65. The Morgan fingerprint density at radius 2 is 1.56 bits per heavy atom. The molecule has 1 unspecified atom stereocenters. The number of benzene rings is 3. The van der Waals surface area contributed by atoms with Gasteiger partial charge >= 0.3 is 0 Å². The Labute approximate surface area is 150 Å². The first kappa shape index (κ1) is 16.1. The molecule has 0 spiro atoms. The molecule has 3 aromatic rings. The van der Waals surface area contributed by atoms with Crippen molar-refractivity contribution >= 4 is 10.8 Å². The number of nitrogens with zero attached hydrogens (tertiary/aromatic N) is 1. The van der Waals surface area contributed by atoms with Gasteiger partial charge in [-0.1, -0.05) is 78.4 Å². The summed E-state index contributed by atoms with van der Waals surface area (Å²) in [7, 11) is 4.31. The van der Waals surface area contributed by atoms with E-state index in [9.17, 15) is 0 Å². The van der Waals surface area contributed by atoms with Gasteiger partial charge in [0, 0.05) is 12.5 Å². The molecule has 0 amide bonds. The number of fused-ring (bicyclic) bond motifs is 2. The fraction of sp³-hybridized carbons (Fsp3) is 0.250. The summed E-state index contributed by atoms with van der Waals surface area (Å²) in [6.45, 7) is 1.09. The summed E-state index contributed by atoms with van der Waals surface area (Å²) < 4.78 is 0. The lowest BCUT2D eigenvalue weighted by Crippen LogP contribution is -2.18. The maximum absolute atomic E-state index is 2.47.